The van der Waals surface area contributed by atoms with Crippen molar-refractivity contribution < 1.29 is 23.1 Å². The van der Waals surface area contributed by atoms with Gasteiger partial charge < -0.3 is 19.8 Å². The maximum absolute atomic E-state index is 13.7. The number of carbonyl (C=O) groups excluding carboxylic acids is 1. The van der Waals surface area contributed by atoms with E-state index in [1.807, 2.05) is 16.7 Å². The first kappa shape index (κ1) is 27.6. The minimum atomic E-state index is -4.48. The zero-order valence-electron chi connectivity index (χ0n) is 22.4. The zero-order valence-corrected chi connectivity index (χ0v) is 22.4. The Morgan fingerprint density at radius 2 is 1.67 bits per heavy atom. The zero-order chi connectivity index (χ0) is 27.6. The van der Waals surface area contributed by atoms with Crippen LogP contribution in [0, 0.1) is 0 Å². The highest BCUT2D eigenvalue weighted by atomic mass is 19.4. The molecule has 1 atom stereocenters. The molecule has 3 saturated heterocycles. The van der Waals surface area contributed by atoms with Crippen molar-refractivity contribution in [2.24, 2.45) is 0 Å². The van der Waals surface area contributed by atoms with Crippen LogP contribution in [0.1, 0.15) is 44.6 Å². The number of carbonyl (C=O) groups is 1. The molecule has 3 fully saturated rings. The predicted octanol–water partition coefficient (Wildman–Crippen LogP) is 3.65. The molecule has 212 valence electrons. The van der Waals surface area contributed by atoms with Gasteiger partial charge in [-0.05, 0) is 63.9 Å². The fourth-order valence-corrected chi connectivity index (χ4v) is 5.86. The number of rotatable bonds is 5. The minimum absolute atomic E-state index is 0.0701. The van der Waals surface area contributed by atoms with Gasteiger partial charge in [0.05, 0.1) is 18.2 Å². The number of piperazine rings is 1. The highest BCUT2D eigenvalue weighted by Gasteiger charge is 2.34. The fraction of sp³-hybridized carbons (Fsp3) is 0.607. The first-order chi connectivity index (χ1) is 18.7. The molecule has 3 aliphatic rings. The molecule has 5 rings (SSSR count). The molecule has 0 saturated carbocycles. The highest BCUT2D eigenvalue weighted by molar-refractivity contribution is 5.81. The van der Waals surface area contributed by atoms with Gasteiger partial charge in [0.1, 0.15) is 0 Å². The van der Waals surface area contributed by atoms with Gasteiger partial charge in [0.2, 0.25) is 11.9 Å². The van der Waals surface area contributed by atoms with Crippen LogP contribution >= 0.6 is 0 Å². The molecule has 3 aliphatic heterocycles. The summed E-state index contributed by atoms with van der Waals surface area (Å²) in [5.74, 6) is 0.625. The van der Waals surface area contributed by atoms with Crippen LogP contribution in [0.3, 0.4) is 0 Å². The topological polar surface area (TPSA) is 76.0 Å². The van der Waals surface area contributed by atoms with E-state index in [9.17, 15) is 23.1 Å². The van der Waals surface area contributed by atoms with Crippen LogP contribution in [0.15, 0.2) is 30.6 Å². The van der Waals surface area contributed by atoms with Crippen molar-refractivity contribution in [2.75, 3.05) is 62.2 Å². The number of aliphatic hydroxyl groups is 1. The molecule has 1 aromatic heterocycles. The van der Waals surface area contributed by atoms with E-state index < -0.39 is 11.7 Å². The Bertz CT molecular complexity index is 1130. The van der Waals surface area contributed by atoms with E-state index in [0.29, 0.717) is 74.9 Å². The molecule has 0 spiro atoms. The molecule has 0 bridgehead atoms. The van der Waals surface area contributed by atoms with E-state index in [4.69, 9.17) is 0 Å². The molecule has 4 heterocycles. The Hall–Kier alpha value is -2.92. The molecule has 1 amide bonds. The number of benzene rings is 1. The van der Waals surface area contributed by atoms with Crippen LogP contribution in [-0.4, -0.2) is 95.3 Å². The van der Waals surface area contributed by atoms with Gasteiger partial charge in [-0.3, -0.25) is 9.69 Å². The summed E-state index contributed by atoms with van der Waals surface area (Å²) in [6.07, 6.45) is 3.08. The molecule has 1 N–H and O–H groups in total. The number of piperidine rings is 2. The molecular formula is C28H37F3N6O2. The number of amides is 1. The molecule has 11 heteroatoms. The van der Waals surface area contributed by atoms with Gasteiger partial charge in [-0.1, -0.05) is 6.42 Å². The van der Waals surface area contributed by atoms with E-state index in [1.54, 1.807) is 12.4 Å². The summed E-state index contributed by atoms with van der Waals surface area (Å²) in [5, 5.41) is 9.76. The highest BCUT2D eigenvalue weighted by Crippen LogP contribution is 2.38. The lowest BCUT2D eigenvalue weighted by atomic mass is 10.0. The number of aromatic nitrogens is 2. The smallest absolute Gasteiger partial charge is 0.393 e. The average Bonchev–Trinajstić information content (AvgIpc) is 2.93. The normalized spacial score (nSPS) is 21.9. The lowest BCUT2D eigenvalue weighted by Crippen LogP contribution is -2.56. The van der Waals surface area contributed by atoms with E-state index in [2.05, 4.69) is 19.8 Å². The van der Waals surface area contributed by atoms with Crippen molar-refractivity contribution in [2.45, 2.75) is 57.3 Å². The number of likely N-dealkylation sites (tertiary alicyclic amines) is 1. The molecule has 1 aromatic carbocycles. The lowest BCUT2D eigenvalue weighted by molar-refractivity contribution is -0.137. The van der Waals surface area contributed by atoms with Crippen LogP contribution in [0.4, 0.5) is 24.8 Å². The summed E-state index contributed by atoms with van der Waals surface area (Å²) >= 11 is 0. The van der Waals surface area contributed by atoms with Gasteiger partial charge >= 0.3 is 6.18 Å². The van der Waals surface area contributed by atoms with Crippen LogP contribution < -0.4 is 9.80 Å². The Labute approximate surface area is 227 Å². The first-order valence-corrected chi connectivity index (χ1v) is 13.9. The standard InChI is InChI=1S/C28H37F3N6O2/c1-20-18-36(13-14-37(20)26(39)19-34-9-3-2-4-10-34)25-6-5-22(28(29,30)31)15-24(25)21-16-32-27(33-17-21)35-11-7-23(38)8-12-35/h5-6,15-17,20,23,38H,2-4,7-14,18-19H2,1H3. The summed E-state index contributed by atoms with van der Waals surface area (Å²) in [6.45, 7) is 7.17. The summed E-state index contributed by atoms with van der Waals surface area (Å²) in [4.78, 5) is 30.1. The van der Waals surface area contributed by atoms with Crippen LogP contribution in [-0.2, 0) is 11.0 Å². The van der Waals surface area contributed by atoms with Crippen molar-refractivity contribution in [3.8, 4) is 11.1 Å². The summed E-state index contributed by atoms with van der Waals surface area (Å²) in [5.41, 5.74) is 0.882. The number of halogens is 3. The Balaban J connectivity index is 1.34. The quantitative estimate of drug-likeness (QED) is 0.614. The summed E-state index contributed by atoms with van der Waals surface area (Å²) in [6, 6.07) is 3.74. The fourth-order valence-electron chi connectivity index (χ4n) is 5.86. The third-order valence-electron chi connectivity index (χ3n) is 8.12. The maximum atomic E-state index is 13.7. The van der Waals surface area contributed by atoms with Crippen molar-refractivity contribution in [3.63, 3.8) is 0 Å². The second-order valence-electron chi connectivity index (χ2n) is 10.9. The van der Waals surface area contributed by atoms with Gasteiger partial charge in [0.15, 0.2) is 0 Å². The SMILES string of the molecule is CC1CN(c2ccc(C(F)(F)F)cc2-c2cnc(N3CCC(O)CC3)nc2)CCN1C(=O)CN1CCCCC1. The largest absolute Gasteiger partial charge is 0.416 e. The molecule has 1 unspecified atom stereocenters. The Morgan fingerprint density at radius 1 is 0.974 bits per heavy atom. The molecule has 2 aromatic rings. The number of anilines is 2. The number of aliphatic hydroxyl groups excluding tert-OH is 1. The Kier molecular flexibility index (Phi) is 8.27. The number of hydrogen-bond donors (Lipinski definition) is 1. The third kappa shape index (κ3) is 6.46. The summed E-state index contributed by atoms with van der Waals surface area (Å²) < 4.78 is 41.0. The average molecular weight is 547 g/mol. The van der Waals surface area contributed by atoms with Crippen LogP contribution in [0.2, 0.25) is 0 Å². The van der Waals surface area contributed by atoms with Crippen molar-refractivity contribution in [1.29, 1.82) is 0 Å². The van der Waals surface area contributed by atoms with Crippen LogP contribution in [0.25, 0.3) is 11.1 Å². The molecule has 8 nitrogen and oxygen atoms in total. The Morgan fingerprint density at radius 3 is 2.31 bits per heavy atom. The van der Waals surface area contributed by atoms with Gasteiger partial charge in [-0.15, -0.1) is 0 Å². The summed E-state index contributed by atoms with van der Waals surface area (Å²) in [7, 11) is 0. The second-order valence-corrected chi connectivity index (χ2v) is 10.9. The van der Waals surface area contributed by atoms with Crippen molar-refractivity contribution in [1.82, 2.24) is 19.8 Å². The molecular weight excluding hydrogens is 509 g/mol. The van der Waals surface area contributed by atoms with E-state index in [0.717, 1.165) is 32.0 Å². The van der Waals surface area contributed by atoms with Crippen molar-refractivity contribution in [3.05, 3.63) is 36.2 Å². The lowest BCUT2D eigenvalue weighted by Gasteiger charge is -2.42. The van der Waals surface area contributed by atoms with Crippen LogP contribution in [0.5, 0.6) is 0 Å². The maximum Gasteiger partial charge on any atom is 0.416 e. The third-order valence-corrected chi connectivity index (χ3v) is 8.12. The number of hydrogen-bond acceptors (Lipinski definition) is 7. The van der Waals surface area contributed by atoms with E-state index in [-0.39, 0.29) is 18.1 Å². The monoisotopic (exact) mass is 546 g/mol. The molecule has 0 aliphatic carbocycles. The van der Waals surface area contributed by atoms with E-state index >= 15 is 0 Å². The van der Waals surface area contributed by atoms with Gasteiger partial charge in [-0.25, -0.2) is 9.97 Å². The van der Waals surface area contributed by atoms with Gasteiger partial charge in [0, 0.05) is 68.0 Å². The number of alkyl halides is 3. The van der Waals surface area contributed by atoms with Gasteiger partial charge in [-0.2, -0.15) is 13.2 Å². The second kappa shape index (κ2) is 11.7. The number of nitrogens with zero attached hydrogens (tertiary/aromatic N) is 6. The molecule has 39 heavy (non-hydrogen) atoms. The minimum Gasteiger partial charge on any atom is -0.393 e. The molecule has 0 radical (unpaired) electrons. The predicted molar refractivity (Wildman–Crippen MR) is 144 cm³/mol. The van der Waals surface area contributed by atoms with E-state index in [1.165, 1.54) is 18.6 Å². The van der Waals surface area contributed by atoms with Gasteiger partial charge in [0.25, 0.3) is 0 Å². The first-order valence-electron chi connectivity index (χ1n) is 13.9. The van der Waals surface area contributed by atoms with Crippen molar-refractivity contribution >= 4 is 17.5 Å².